The van der Waals surface area contributed by atoms with E-state index in [1.165, 1.54) is 32.9 Å². The van der Waals surface area contributed by atoms with Gasteiger partial charge in [-0.05, 0) is 61.1 Å². The second-order valence-corrected chi connectivity index (χ2v) is 15.6. The number of ether oxygens (including phenoxy) is 6. The normalized spacial score (nSPS) is 29.4. The molecule has 1 spiro atoms. The maximum atomic E-state index is 14.6. The molecular formula is C38H41N3O11S. The number of hydrogen-bond acceptors (Lipinski definition) is 15. The van der Waals surface area contributed by atoms with E-state index in [2.05, 4.69) is 10.6 Å². The second kappa shape index (κ2) is 12.3. The minimum Gasteiger partial charge on any atom is -0.504 e. The van der Waals surface area contributed by atoms with Crippen LogP contribution >= 0.6 is 11.8 Å². The average Bonchev–Trinajstić information content (AvgIpc) is 3.63. The standard InChI is InChI=1S/C38H41N3O11S/c1-15-8-19-9-21-36(45)41-22-12-49-37(46)38(20-11-24(47-4)23(43)10-18(20)6-7-39-38)13-53-35(29(41)28(40-21)25(19)30(44)31(15)48-5)27-26(22)34-33(50-14-51-34)16(2)32(27)52-17(3)42/h8,10-11,21-22,28-29,35-36,39-40,43-45H,6-7,9,12-14H2,1-5H3/t21?,22?,28?,29?,35-,36-,38-/m0/s1. The number of methoxy groups -OCH3 is 2. The number of carbonyl (C=O) groups excluding carboxylic acids is 2. The Hall–Kier alpha value is -4.41. The molecule has 7 atom stereocenters. The van der Waals surface area contributed by atoms with Gasteiger partial charge in [0.05, 0.1) is 37.6 Å². The zero-order chi connectivity index (χ0) is 37.1. The molecule has 7 aliphatic rings. The minimum absolute atomic E-state index is 0.0210. The Labute approximate surface area is 309 Å². The number of phenols is 2. The minimum atomic E-state index is -1.36. The predicted octanol–water partition coefficient (Wildman–Crippen LogP) is 3.07. The van der Waals surface area contributed by atoms with Crippen molar-refractivity contribution < 1.29 is 53.3 Å². The lowest BCUT2D eigenvalue weighted by Gasteiger charge is -2.59. The molecule has 0 aliphatic carbocycles. The topological polar surface area (TPSA) is 178 Å². The molecule has 0 aromatic heterocycles. The summed E-state index contributed by atoms with van der Waals surface area (Å²) in [4.78, 5) is 29.4. The first kappa shape index (κ1) is 34.4. The van der Waals surface area contributed by atoms with Gasteiger partial charge in [-0.1, -0.05) is 6.07 Å². The molecule has 7 heterocycles. The lowest BCUT2D eigenvalue weighted by Crippen LogP contribution is -2.69. The van der Waals surface area contributed by atoms with Gasteiger partial charge in [0.2, 0.25) is 6.79 Å². The highest BCUT2D eigenvalue weighted by Gasteiger charge is 2.60. The number of aryl methyl sites for hydroxylation is 1. The molecule has 14 nitrogen and oxygen atoms in total. The molecule has 3 aromatic rings. The van der Waals surface area contributed by atoms with Crippen LogP contribution < -0.4 is 34.3 Å². The molecule has 53 heavy (non-hydrogen) atoms. The monoisotopic (exact) mass is 747 g/mol. The molecule has 5 N–H and O–H groups in total. The Morgan fingerprint density at radius 2 is 1.81 bits per heavy atom. The quantitative estimate of drug-likeness (QED) is 0.195. The van der Waals surface area contributed by atoms with Crippen LogP contribution in [0.4, 0.5) is 0 Å². The van der Waals surface area contributed by atoms with E-state index in [1.54, 1.807) is 12.1 Å². The summed E-state index contributed by atoms with van der Waals surface area (Å²) in [6, 6.07) is 2.99. The third-order valence-corrected chi connectivity index (χ3v) is 13.2. The molecule has 10 rings (SSSR count). The first-order chi connectivity index (χ1) is 25.5. The fourth-order valence-electron chi connectivity index (χ4n) is 9.60. The summed E-state index contributed by atoms with van der Waals surface area (Å²) in [6.07, 6.45) is -0.0673. The highest BCUT2D eigenvalue weighted by molar-refractivity contribution is 7.99. The van der Waals surface area contributed by atoms with Crippen LogP contribution in [-0.2, 0) is 32.7 Å². The van der Waals surface area contributed by atoms with Crippen molar-refractivity contribution in [2.75, 3.05) is 39.9 Å². The van der Waals surface area contributed by atoms with Gasteiger partial charge in [-0.15, -0.1) is 11.8 Å². The Bertz CT molecular complexity index is 2090. The number of aromatic hydroxyl groups is 2. The Morgan fingerprint density at radius 1 is 1.02 bits per heavy atom. The van der Waals surface area contributed by atoms with Crippen LogP contribution in [0.25, 0.3) is 0 Å². The van der Waals surface area contributed by atoms with E-state index in [0.29, 0.717) is 70.2 Å². The van der Waals surface area contributed by atoms with Crippen molar-refractivity contribution in [1.82, 2.24) is 15.5 Å². The molecule has 0 radical (unpaired) electrons. The van der Waals surface area contributed by atoms with E-state index >= 15 is 0 Å². The number of carbonyl (C=O) groups is 2. The number of hydrogen-bond donors (Lipinski definition) is 5. The summed E-state index contributed by atoms with van der Waals surface area (Å²) in [5.41, 5.74) is 4.27. The van der Waals surface area contributed by atoms with Gasteiger partial charge in [0.25, 0.3) is 0 Å². The molecule has 4 bridgehead atoms. The Morgan fingerprint density at radius 3 is 2.57 bits per heavy atom. The van der Waals surface area contributed by atoms with Crippen molar-refractivity contribution >= 4 is 23.7 Å². The predicted molar refractivity (Wildman–Crippen MR) is 190 cm³/mol. The number of rotatable bonds is 3. The maximum Gasteiger partial charge on any atom is 0.331 e. The van der Waals surface area contributed by atoms with E-state index in [9.17, 15) is 24.9 Å². The third-order valence-electron chi connectivity index (χ3n) is 11.8. The van der Waals surface area contributed by atoms with Crippen LogP contribution in [0.3, 0.4) is 0 Å². The number of aliphatic hydroxyl groups excluding tert-OH is 1. The number of piperazine rings is 1. The van der Waals surface area contributed by atoms with Crippen LogP contribution in [0, 0.1) is 13.8 Å². The van der Waals surface area contributed by atoms with Crippen LogP contribution in [-0.4, -0.2) is 90.4 Å². The average molecular weight is 748 g/mol. The maximum absolute atomic E-state index is 14.6. The molecule has 7 aliphatic heterocycles. The van der Waals surface area contributed by atoms with Gasteiger partial charge in [-0.3, -0.25) is 15.0 Å². The lowest BCUT2D eigenvalue weighted by atomic mass is 9.74. The number of phenolic OH excluding ortho intramolecular Hbond substituents is 2. The molecule has 2 fully saturated rings. The number of nitrogens with zero attached hydrogens (tertiary/aromatic N) is 1. The molecule has 2 saturated heterocycles. The zero-order valence-electron chi connectivity index (χ0n) is 29.9. The zero-order valence-corrected chi connectivity index (χ0v) is 30.7. The van der Waals surface area contributed by atoms with Crippen molar-refractivity contribution in [3.8, 4) is 40.2 Å². The van der Waals surface area contributed by atoms with Gasteiger partial charge in [-0.2, -0.15) is 0 Å². The van der Waals surface area contributed by atoms with Crippen LogP contribution in [0.15, 0.2) is 18.2 Å². The summed E-state index contributed by atoms with van der Waals surface area (Å²) < 4.78 is 35.8. The smallest absolute Gasteiger partial charge is 0.331 e. The van der Waals surface area contributed by atoms with Gasteiger partial charge >= 0.3 is 11.9 Å². The Balaban J connectivity index is 1.31. The number of fused-ring (bicyclic) bond motifs is 9. The van der Waals surface area contributed by atoms with Crippen LogP contribution in [0.2, 0.25) is 0 Å². The molecule has 0 amide bonds. The van der Waals surface area contributed by atoms with E-state index in [4.69, 9.17) is 28.4 Å². The van der Waals surface area contributed by atoms with Gasteiger partial charge in [-0.25, -0.2) is 4.79 Å². The SMILES string of the molecule is COc1cc2c(cc1O)CCN[C@@]21CS[C@H]2c3c(OC(C)=O)c(C)c4c(c3C(COC1=O)N1C2C2NC(Cc3cc(C)c(OC)c(O)c32)[C@@H]1O)OCO4. The third kappa shape index (κ3) is 4.80. The van der Waals surface area contributed by atoms with Crippen molar-refractivity contribution in [3.63, 3.8) is 0 Å². The second-order valence-electron chi connectivity index (χ2n) is 14.5. The Kier molecular flexibility index (Phi) is 7.98. The van der Waals surface area contributed by atoms with Crippen LogP contribution in [0.5, 0.6) is 40.2 Å². The molecule has 280 valence electrons. The van der Waals surface area contributed by atoms with Crippen molar-refractivity contribution in [1.29, 1.82) is 0 Å². The number of esters is 2. The number of thioether (sulfide) groups is 1. The van der Waals surface area contributed by atoms with E-state index in [1.807, 2.05) is 24.8 Å². The fraction of sp³-hybridized carbons (Fsp3) is 0.474. The summed E-state index contributed by atoms with van der Waals surface area (Å²) in [7, 11) is 2.98. The molecular weight excluding hydrogens is 706 g/mol. The highest BCUT2D eigenvalue weighted by atomic mass is 32.2. The largest absolute Gasteiger partial charge is 0.504 e. The molecule has 15 heteroatoms. The summed E-state index contributed by atoms with van der Waals surface area (Å²) in [5, 5.41) is 41.5. The lowest BCUT2D eigenvalue weighted by molar-refractivity contribution is -0.164. The van der Waals surface area contributed by atoms with Gasteiger partial charge < -0.3 is 49.1 Å². The number of nitrogens with one attached hydrogen (secondary N) is 2. The van der Waals surface area contributed by atoms with Crippen molar-refractivity contribution in [2.24, 2.45) is 0 Å². The number of benzene rings is 3. The first-order valence-electron chi connectivity index (χ1n) is 17.7. The fourth-order valence-corrected chi connectivity index (χ4v) is 11.3. The highest BCUT2D eigenvalue weighted by Crippen LogP contribution is 2.63. The summed E-state index contributed by atoms with van der Waals surface area (Å²) >= 11 is 1.45. The van der Waals surface area contributed by atoms with E-state index in [-0.39, 0.29) is 36.4 Å². The molecule has 3 aromatic carbocycles. The molecule has 4 unspecified atom stereocenters. The van der Waals surface area contributed by atoms with E-state index in [0.717, 1.165) is 16.7 Å². The number of aliphatic hydroxyl groups is 1. The van der Waals surface area contributed by atoms with Gasteiger partial charge in [0.1, 0.15) is 18.6 Å². The first-order valence-corrected chi connectivity index (χ1v) is 18.7. The van der Waals surface area contributed by atoms with Crippen LogP contribution in [0.1, 0.15) is 68.8 Å². The summed E-state index contributed by atoms with van der Waals surface area (Å²) in [5.74, 6) is 0.890. The van der Waals surface area contributed by atoms with Gasteiger partial charge in [0, 0.05) is 47.5 Å². The summed E-state index contributed by atoms with van der Waals surface area (Å²) in [6.45, 7) is 5.23. The van der Waals surface area contributed by atoms with E-state index < -0.39 is 53.1 Å². The van der Waals surface area contributed by atoms with Gasteiger partial charge in [0.15, 0.2) is 40.0 Å². The van der Waals surface area contributed by atoms with Crippen molar-refractivity contribution in [2.45, 2.75) is 74.8 Å². The molecule has 0 saturated carbocycles. The van der Waals surface area contributed by atoms with Crippen molar-refractivity contribution in [3.05, 3.63) is 62.7 Å².